The van der Waals surface area contributed by atoms with Gasteiger partial charge in [-0.25, -0.2) is 10.9 Å². The largest absolute Gasteiger partial charge is 0.348 e. The fraction of sp³-hybridized carbons (Fsp3) is 0.438. The summed E-state index contributed by atoms with van der Waals surface area (Å²) >= 11 is 1.80. The molecule has 0 aromatic carbocycles. The minimum absolute atomic E-state index is 0.131. The minimum Gasteiger partial charge on any atom is -0.348 e. The number of fused-ring (bicyclic) bond motifs is 1. The third-order valence-electron chi connectivity index (χ3n) is 4.50. The SMILES string of the molecule is Cc1ccc(C2CC(C(=O)N3CCn4cccc4C3)NN2)s1. The van der Waals surface area contributed by atoms with Crippen molar-refractivity contribution < 1.29 is 4.79 Å². The Balaban J connectivity index is 1.42. The van der Waals surface area contributed by atoms with Gasteiger partial charge in [0.25, 0.3) is 0 Å². The third kappa shape index (κ3) is 2.47. The van der Waals surface area contributed by atoms with Gasteiger partial charge in [0.05, 0.1) is 12.6 Å². The molecule has 2 atom stereocenters. The Kier molecular flexibility index (Phi) is 3.52. The van der Waals surface area contributed by atoms with Crippen molar-refractivity contribution in [2.75, 3.05) is 6.54 Å². The van der Waals surface area contributed by atoms with Gasteiger partial charge < -0.3 is 9.47 Å². The second-order valence-electron chi connectivity index (χ2n) is 6.03. The van der Waals surface area contributed by atoms with Crippen LogP contribution in [0.4, 0.5) is 0 Å². The highest BCUT2D eigenvalue weighted by molar-refractivity contribution is 7.12. The summed E-state index contributed by atoms with van der Waals surface area (Å²) in [7, 11) is 0. The Morgan fingerprint density at radius 2 is 2.18 bits per heavy atom. The van der Waals surface area contributed by atoms with Gasteiger partial charge in [-0.2, -0.15) is 0 Å². The molecule has 2 aromatic heterocycles. The van der Waals surface area contributed by atoms with Crippen LogP contribution in [0.1, 0.15) is 27.9 Å². The number of carbonyl (C=O) groups is 1. The number of rotatable bonds is 2. The Hall–Kier alpha value is -1.63. The molecule has 0 bridgehead atoms. The van der Waals surface area contributed by atoms with Gasteiger partial charge in [-0.05, 0) is 37.6 Å². The van der Waals surface area contributed by atoms with Gasteiger partial charge in [-0.3, -0.25) is 4.79 Å². The summed E-state index contributed by atoms with van der Waals surface area (Å²) in [5, 5.41) is 0. The highest BCUT2D eigenvalue weighted by Crippen LogP contribution is 2.29. The van der Waals surface area contributed by atoms with Crippen LogP contribution in [0.25, 0.3) is 0 Å². The number of hydrogen-bond donors (Lipinski definition) is 2. The van der Waals surface area contributed by atoms with Crippen molar-refractivity contribution in [3.63, 3.8) is 0 Å². The van der Waals surface area contributed by atoms with E-state index in [4.69, 9.17) is 0 Å². The molecule has 2 aliphatic heterocycles. The van der Waals surface area contributed by atoms with Crippen LogP contribution in [-0.2, 0) is 17.9 Å². The van der Waals surface area contributed by atoms with E-state index < -0.39 is 0 Å². The molecule has 2 aromatic rings. The van der Waals surface area contributed by atoms with Crippen LogP contribution in [0, 0.1) is 6.92 Å². The highest BCUT2D eigenvalue weighted by atomic mass is 32.1. The van der Waals surface area contributed by atoms with E-state index in [1.165, 1.54) is 15.4 Å². The van der Waals surface area contributed by atoms with Gasteiger partial charge in [-0.1, -0.05) is 0 Å². The van der Waals surface area contributed by atoms with Crippen molar-refractivity contribution in [2.24, 2.45) is 0 Å². The van der Waals surface area contributed by atoms with Crippen molar-refractivity contribution in [1.82, 2.24) is 20.3 Å². The summed E-state index contributed by atoms with van der Waals surface area (Å²) in [6.07, 6.45) is 2.90. The van der Waals surface area contributed by atoms with Crippen molar-refractivity contribution in [2.45, 2.75) is 38.5 Å². The first kappa shape index (κ1) is 14.0. The van der Waals surface area contributed by atoms with Crippen molar-refractivity contribution in [1.29, 1.82) is 0 Å². The molecule has 0 spiro atoms. The number of amides is 1. The lowest BCUT2D eigenvalue weighted by molar-refractivity contribution is -0.134. The van der Waals surface area contributed by atoms with Crippen LogP contribution in [0.3, 0.4) is 0 Å². The minimum atomic E-state index is -0.131. The zero-order valence-corrected chi connectivity index (χ0v) is 13.4. The molecule has 4 rings (SSSR count). The Morgan fingerprint density at radius 1 is 1.27 bits per heavy atom. The number of carbonyl (C=O) groups excluding carboxylic acids is 1. The van der Waals surface area contributed by atoms with Crippen molar-refractivity contribution in [3.8, 4) is 0 Å². The molecule has 0 radical (unpaired) electrons. The van der Waals surface area contributed by atoms with E-state index in [1.54, 1.807) is 11.3 Å². The molecule has 116 valence electrons. The lowest BCUT2D eigenvalue weighted by atomic mass is 10.1. The van der Waals surface area contributed by atoms with Crippen LogP contribution in [-0.4, -0.2) is 28.0 Å². The average molecular weight is 316 g/mol. The molecule has 1 saturated heterocycles. The molecule has 1 fully saturated rings. The van der Waals surface area contributed by atoms with Crippen LogP contribution in [0.5, 0.6) is 0 Å². The van der Waals surface area contributed by atoms with E-state index in [0.29, 0.717) is 6.54 Å². The first-order chi connectivity index (χ1) is 10.7. The molecule has 5 nitrogen and oxygen atoms in total. The third-order valence-corrected chi connectivity index (χ3v) is 5.62. The highest BCUT2D eigenvalue weighted by Gasteiger charge is 2.34. The number of nitrogens with one attached hydrogen (secondary N) is 2. The van der Waals surface area contributed by atoms with Gasteiger partial charge in [0.2, 0.25) is 5.91 Å². The summed E-state index contributed by atoms with van der Waals surface area (Å²) in [5.74, 6) is 0.204. The quantitative estimate of drug-likeness (QED) is 0.888. The van der Waals surface area contributed by atoms with Gasteiger partial charge >= 0.3 is 0 Å². The number of aryl methyl sites for hydroxylation is 1. The van der Waals surface area contributed by atoms with E-state index in [0.717, 1.165) is 19.5 Å². The second-order valence-corrected chi connectivity index (χ2v) is 7.35. The molecule has 4 heterocycles. The summed E-state index contributed by atoms with van der Waals surface area (Å²) < 4.78 is 2.22. The Labute approximate surface area is 133 Å². The molecule has 1 amide bonds. The first-order valence-corrected chi connectivity index (χ1v) is 8.52. The van der Waals surface area contributed by atoms with Gasteiger partial charge in [-0.15, -0.1) is 11.3 Å². The average Bonchev–Trinajstić information content (AvgIpc) is 3.25. The van der Waals surface area contributed by atoms with Gasteiger partial charge in [0, 0.05) is 34.7 Å². The maximum atomic E-state index is 12.7. The van der Waals surface area contributed by atoms with Gasteiger partial charge in [0.1, 0.15) is 6.04 Å². The number of aromatic nitrogens is 1. The lowest BCUT2D eigenvalue weighted by Gasteiger charge is -2.30. The Morgan fingerprint density at radius 3 is 3.00 bits per heavy atom. The Bertz CT molecular complexity index is 692. The standard InChI is InChI=1S/C16H20N4OS/c1-11-4-5-15(22-11)13-9-14(18-17-13)16(21)20-8-7-19-6-2-3-12(19)10-20/h2-6,13-14,17-18H,7-10H2,1H3. The number of thiophene rings is 1. The molecular formula is C16H20N4OS. The van der Waals surface area contributed by atoms with Crippen molar-refractivity contribution in [3.05, 3.63) is 45.9 Å². The van der Waals surface area contributed by atoms with E-state index in [9.17, 15) is 4.79 Å². The maximum absolute atomic E-state index is 12.7. The molecule has 22 heavy (non-hydrogen) atoms. The smallest absolute Gasteiger partial charge is 0.241 e. The molecular weight excluding hydrogens is 296 g/mol. The lowest BCUT2D eigenvalue weighted by Crippen LogP contribution is -2.48. The van der Waals surface area contributed by atoms with Crippen LogP contribution in [0.2, 0.25) is 0 Å². The summed E-state index contributed by atoms with van der Waals surface area (Å²) in [4.78, 5) is 17.3. The van der Waals surface area contributed by atoms with E-state index in [1.807, 2.05) is 11.0 Å². The van der Waals surface area contributed by atoms with E-state index in [2.05, 4.69) is 46.7 Å². The zero-order valence-electron chi connectivity index (χ0n) is 12.6. The number of hydrogen-bond acceptors (Lipinski definition) is 4. The summed E-state index contributed by atoms with van der Waals surface area (Å²) in [5.41, 5.74) is 7.68. The van der Waals surface area contributed by atoms with Crippen LogP contribution >= 0.6 is 11.3 Å². The van der Waals surface area contributed by atoms with Crippen molar-refractivity contribution >= 4 is 17.2 Å². The summed E-state index contributed by atoms with van der Waals surface area (Å²) in [6, 6.07) is 8.54. The zero-order chi connectivity index (χ0) is 15.1. The van der Waals surface area contributed by atoms with Crippen LogP contribution < -0.4 is 10.9 Å². The van der Waals surface area contributed by atoms with E-state index >= 15 is 0 Å². The number of nitrogens with zero attached hydrogens (tertiary/aromatic N) is 2. The monoisotopic (exact) mass is 316 g/mol. The molecule has 2 N–H and O–H groups in total. The fourth-order valence-electron chi connectivity index (χ4n) is 3.27. The predicted molar refractivity (Wildman–Crippen MR) is 86.3 cm³/mol. The number of hydrazine groups is 1. The first-order valence-electron chi connectivity index (χ1n) is 7.71. The maximum Gasteiger partial charge on any atom is 0.241 e. The van der Waals surface area contributed by atoms with Crippen LogP contribution in [0.15, 0.2) is 30.5 Å². The normalized spacial score (nSPS) is 24.5. The van der Waals surface area contributed by atoms with Gasteiger partial charge in [0.15, 0.2) is 0 Å². The predicted octanol–water partition coefficient (Wildman–Crippen LogP) is 1.81. The molecule has 0 saturated carbocycles. The molecule has 0 aliphatic carbocycles. The molecule has 2 unspecified atom stereocenters. The topological polar surface area (TPSA) is 49.3 Å². The fourth-order valence-corrected chi connectivity index (χ4v) is 4.21. The summed E-state index contributed by atoms with van der Waals surface area (Å²) in [6.45, 7) is 4.51. The molecule has 2 aliphatic rings. The second kappa shape index (κ2) is 5.53. The van der Waals surface area contributed by atoms with E-state index in [-0.39, 0.29) is 18.0 Å². The molecule has 6 heteroatoms.